The molecule has 0 radical (unpaired) electrons. The van der Waals surface area contributed by atoms with Crippen LogP contribution in [0.15, 0.2) is 0 Å². The first kappa shape index (κ1) is 11.0. The second-order valence-corrected chi connectivity index (χ2v) is 4.64. The van der Waals surface area contributed by atoms with Crippen molar-refractivity contribution in [2.75, 3.05) is 33.4 Å². The quantitative estimate of drug-likeness (QED) is 0.637. The standard InChI is InChI=1S/C10H22N2O/c1-10(2,4-5-13-3)8-12-9-6-11-7-9/h9,11-12H,4-8H2,1-3H3. The molecular weight excluding hydrogens is 164 g/mol. The minimum atomic E-state index is 0.353. The first-order valence-corrected chi connectivity index (χ1v) is 5.07. The molecule has 0 aliphatic carbocycles. The summed E-state index contributed by atoms with van der Waals surface area (Å²) in [5.41, 5.74) is 0.353. The third-order valence-electron chi connectivity index (χ3n) is 2.63. The van der Waals surface area contributed by atoms with Gasteiger partial charge in [-0.1, -0.05) is 13.8 Å². The molecule has 0 atom stereocenters. The van der Waals surface area contributed by atoms with Gasteiger partial charge in [0.2, 0.25) is 0 Å². The highest BCUT2D eigenvalue weighted by atomic mass is 16.5. The number of ether oxygens (including phenoxy) is 1. The lowest BCUT2D eigenvalue weighted by Gasteiger charge is -2.33. The van der Waals surface area contributed by atoms with Crippen LogP contribution in [-0.2, 0) is 4.74 Å². The summed E-state index contributed by atoms with van der Waals surface area (Å²) in [6.07, 6.45) is 1.12. The van der Waals surface area contributed by atoms with Crippen LogP contribution < -0.4 is 10.6 Å². The molecule has 0 spiro atoms. The molecule has 0 aromatic carbocycles. The van der Waals surface area contributed by atoms with Crippen molar-refractivity contribution < 1.29 is 4.74 Å². The van der Waals surface area contributed by atoms with Gasteiger partial charge in [0.15, 0.2) is 0 Å². The van der Waals surface area contributed by atoms with E-state index >= 15 is 0 Å². The van der Waals surface area contributed by atoms with Gasteiger partial charge < -0.3 is 15.4 Å². The van der Waals surface area contributed by atoms with Crippen molar-refractivity contribution in [1.29, 1.82) is 0 Å². The second kappa shape index (κ2) is 4.94. The molecule has 3 nitrogen and oxygen atoms in total. The predicted octanol–water partition coefficient (Wildman–Crippen LogP) is 0.611. The van der Waals surface area contributed by atoms with Crippen LogP contribution >= 0.6 is 0 Å². The van der Waals surface area contributed by atoms with Crippen LogP contribution in [0, 0.1) is 5.41 Å². The van der Waals surface area contributed by atoms with Gasteiger partial charge in [-0.05, 0) is 11.8 Å². The number of hydrogen-bond acceptors (Lipinski definition) is 3. The van der Waals surface area contributed by atoms with Gasteiger partial charge >= 0.3 is 0 Å². The molecule has 0 aromatic heterocycles. The summed E-state index contributed by atoms with van der Waals surface area (Å²) in [4.78, 5) is 0. The van der Waals surface area contributed by atoms with Crippen LogP contribution in [0.5, 0.6) is 0 Å². The Morgan fingerprint density at radius 2 is 2.15 bits per heavy atom. The Labute approximate surface area is 81.2 Å². The minimum Gasteiger partial charge on any atom is -0.385 e. The largest absolute Gasteiger partial charge is 0.385 e. The lowest BCUT2D eigenvalue weighted by atomic mass is 9.89. The Kier molecular flexibility index (Phi) is 4.16. The second-order valence-electron chi connectivity index (χ2n) is 4.64. The van der Waals surface area contributed by atoms with Crippen molar-refractivity contribution in [2.45, 2.75) is 26.3 Å². The van der Waals surface area contributed by atoms with Crippen LogP contribution in [0.4, 0.5) is 0 Å². The van der Waals surface area contributed by atoms with Crippen molar-refractivity contribution in [1.82, 2.24) is 10.6 Å². The molecule has 78 valence electrons. The molecule has 0 aromatic rings. The fraction of sp³-hybridized carbons (Fsp3) is 1.00. The molecule has 1 aliphatic rings. The lowest BCUT2D eigenvalue weighted by Crippen LogP contribution is -2.56. The summed E-state index contributed by atoms with van der Waals surface area (Å²) in [5.74, 6) is 0. The molecule has 1 heterocycles. The van der Waals surface area contributed by atoms with Crippen LogP contribution in [0.3, 0.4) is 0 Å². The van der Waals surface area contributed by atoms with Crippen molar-refractivity contribution in [3.05, 3.63) is 0 Å². The van der Waals surface area contributed by atoms with E-state index in [1.165, 1.54) is 0 Å². The van der Waals surface area contributed by atoms with Gasteiger partial charge in [0.05, 0.1) is 0 Å². The van der Waals surface area contributed by atoms with E-state index in [0.717, 1.165) is 32.7 Å². The van der Waals surface area contributed by atoms with Crippen LogP contribution in [0.1, 0.15) is 20.3 Å². The van der Waals surface area contributed by atoms with E-state index in [9.17, 15) is 0 Å². The average molecular weight is 186 g/mol. The van der Waals surface area contributed by atoms with Crippen molar-refractivity contribution in [3.8, 4) is 0 Å². The molecule has 0 bridgehead atoms. The summed E-state index contributed by atoms with van der Waals surface area (Å²) in [5, 5.41) is 6.80. The first-order chi connectivity index (χ1) is 6.14. The average Bonchev–Trinajstić information content (AvgIpc) is 1.98. The first-order valence-electron chi connectivity index (χ1n) is 5.07. The lowest BCUT2D eigenvalue weighted by molar-refractivity contribution is 0.147. The van der Waals surface area contributed by atoms with Gasteiger partial charge in [-0.3, -0.25) is 0 Å². The third-order valence-corrected chi connectivity index (χ3v) is 2.63. The van der Waals surface area contributed by atoms with Crippen LogP contribution in [0.25, 0.3) is 0 Å². The zero-order chi connectivity index (χ0) is 9.73. The minimum absolute atomic E-state index is 0.353. The molecule has 2 N–H and O–H groups in total. The highest BCUT2D eigenvalue weighted by Gasteiger charge is 2.21. The monoisotopic (exact) mass is 186 g/mol. The molecule has 0 amide bonds. The highest BCUT2D eigenvalue weighted by molar-refractivity contribution is 4.84. The summed E-state index contributed by atoms with van der Waals surface area (Å²) in [6, 6.07) is 0.696. The fourth-order valence-corrected chi connectivity index (χ4v) is 1.32. The normalized spacial score (nSPS) is 18.7. The molecule has 13 heavy (non-hydrogen) atoms. The van der Waals surface area contributed by atoms with Gasteiger partial charge in [0, 0.05) is 39.4 Å². The Morgan fingerprint density at radius 3 is 2.62 bits per heavy atom. The topological polar surface area (TPSA) is 33.3 Å². The Hall–Kier alpha value is -0.120. The summed E-state index contributed by atoms with van der Waals surface area (Å²) < 4.78 is 5.08. The van der Waals surface area contributed by atoms with Gasteiger partial charge in [-0.25, -0.2) is 0 Å². The van der Waals surface area contributed by atoms with Gasteiger partial charge in [-0.2, -0.15) is 0 Å². The van der Waals surface area contributed by atoms with E-state index in [2.05, 4.69) is 24.5 Å². The molecule has 0 saturated carbocycles. The van der Waals surface area contributed by atoms with Crippen molar-refractivity contribution >= 4 is 0 Å². The number of nitrogens with one attached hydrogen (secondary N) is 2. The van der Waals surface area contributed by atoms with Gasteiger partial charge in [0.1, 0.15) is 0 Å². The highest BCUT2D eigenvalue weighted by Crippen LogP contribution is 2.19. The Morgan fingerprint density at radius 1 is 1.46 bits per heavy atom. The summed E-state index contributed by atoms with van der Waals surface area (Å²) in [7, 11) is 1.76. The number of methoxy groups -OCH3 is 1. The smallest absolute Gasteiger partial charge is 0.0467 e. The van der Waals surface area contributed by atoms with E-state index in [1.807, 2.05) is 0 Å². The predicted molar refractivity (Wildman–Crippen MR) is 54.9 cm³/mol. The maximum Gasteiger partial charge on any atom is 0.0467 e. The Balaban J connectivity index is 2.08. The van der Waals surface area contributed by atoms with Crippen molar-refractivity contribution in [2.24, 2.45) is 5.41 Å². The summed E-state index contributed by atoms with van der Waals surface area (Å²) >= 11 is 0. The molecule has 3 heteroatoms. The van der Waals surface area contributed by atoms with Gasteiger partial charge in [0.25, 0.3) is 0 Å². The zero-order valence-electron chi connectivity index (χ0n) is 9.02. The maximum absolute atomic E-state index is 5.08. The van der Waals surface area contributed by atoms with Crippen molar-refractivity contribution in [3.63, 3.8) is 0 Å². The maximum atomic E-state index is 5.08. The third kappa shape index (κ3) is 4.07. The number of rotatable bonds is 6. The van der Waals surface area contributed by atoms with E-state index < -0.39 is 0 Å². The fourth-order valence-electron chi connectivity index (χ4n) is 1.32. The van der Waals surface area contributed by atoms with Crippen LogP contribution in [-0.4, -0.2) is 39.4 Å². The van der Waals surface area contributed by atoms with Gasteiger partial charge in [-0.15, -0.1) is 0 Å². The Bertz CT molecular complexity index is 144. The van der Waals surface area contributed by atoms with Crippen LogP contribution in [0.2, 0.25) is 0 Å². The zero-order valence-corrected chi connectivity index (χ0v) is 9.02. The molecule has 1 saturated heterocycles. The number of hydrogen-bond donors (Lipinski definition) is 2. The molecule has 1 aliphatic heterocycles. The molecular formula is C10H22N2O. The van der Waals surface area contributed by atoms with E-state index in [0.29, 0.717) is 11.5 Å². The SMILES string of the molecule is COCCC(C)(C)CNC1CNC1. The van der Waals surface area contributed by atoms with E-state index in [4.69, 9.17) is 4.74 Å². The molecule has 1 rings (SSSR count). The van der Waals surface area contributed by atoms with E-state index in [1.54, 1.807) is 7.11 Å². The summed E-state index contributed by atoms with van der Waals surface area (Å²) in [6.45, 7) is 8.76. The molecule has 1 fully saturated rings. The molecule has 0 unspecified atom stereocenters. The van der Waals surface area contributed by atoms with E-state index in [-0.39, 0.29) is 0 Å².